The molecule has 0 radical (unpaired) electrons. The van der Waals surface area contributed by atoms with Gasteiger partial charge in [-0.3, -0.25) is 9.59 Å². The molecule has 0 saturated carbocycles. The number of carboxylic acid groups (broad SMARTS) is 1. The van der Waals surface area contributed by atoms with Gasteiger partial charge >= 0.3 is 5.97 Å². The molecule has 3 atom stereocenters. The van der Waals surface area contributed by atoms with Crippen molar-refractivity contribution < 1.29 is 29.3 Å². The van der Waals surface area contributed by atoms with Crippen molar-refractivity contribution in [3.8, 4) is 11.1 Å². The van der Waals surface area contributed by atoms with Crippen molar-refractivity contribution in [3.05, 3.63) is 107 Å². The predicted octanol–water partition coefficient (Wildman–Crippen LogP) is 5.79. The lowest BCUT2D eigenvalue weighted by Gasteiger charge is -2.36. The van der Waals surface area contributed by atoms with E-state index in [9.17, 15) is 14.7 Å². The van der Waals surface area contributed by atoms with Crippen LogP contribution in [0, 0.1) is 0 Å². The molecular formula is C34H37N3O6S. The number of carboxylic acids is 1. The van der Waals surface area contributed by atoms with Crippen LogP contribution in [-0.2, 0) is 39.3 Å². The second kappa shape index (κ2) is 15.2. The average Bonchev–Trinajstić information content (AvgIpc) is 3.47. The Hall–Kier alpha value is -3.96. The minimum Gasteiger partial charge on any atom is -0.481 e. The Bertz CT molecular complexity index is 1540. The summed E-state index contributed by atoms with van der Waals surface area (Å²) < 4.78 is 15.0. The van der Waals surface area contributed by atoms with Gasteiger partial charge in [0, 0.05) is 56.6 Å². The van der Waals surface area contributed by atoms with Gasteiger partial charge in [0.25, 0.3) is 0 Å². The van der Waals surface area contributed by atoms with Crippen molar-refractivity contribution in [2.75, 3.05) is 5.75 Å². The third-order valence-electron chi connectivity index (χ3n) is 7.52. The summed E-state index contributed by atoms with van der Waals surface area (Å²) in [6.07, 6.45) is 4.15. The number of aliphatic carboxylic acids is 1. The number of carbonyl (C=O) groups excluding carboxylic acids is 1. The van der Waals surface area contributed by atoms with Crippen LogP contribution in [0.25, 0.3) is 11.1 Å². The summed E-state index contributed by atoms with van der Waals surface area (Å²) in [7, 11) is 1.98. The van der Waals surface area contributed by atoms with Crippen LogP contribution in [0.4, 0.5) is 0 Å². The van der Waals surface area contributed by atoms with Crippen molar-refractivity contribution >= 4 is 23.6 Å². The highest BCUT2D eigenvalue weighted by Crippen LogP contribution is 2.39. The van der Waals surface area contributed by atoms with Crippen molar-refractivity contribution in [2.45, 2.75) is 62.5 Å². The molecular weight excluding hydrogens is 578 g/mol. The maximum Gasteiger partial charge on any atom is 0.303 e. The number of benzene rings is 3. The molecule has 10 heteroatoms. The minimum absolute atomic E-state index is 0.00103. The van der Waals surface area contributed by atoms with E-state index in [0.717, 1.165) is 44.3 Å². The summed E-state index contributed by atoms with van der Waals surface area (Å²) in [6.45, 7) is 0.374. The van der Waals surface area contributed by atoms with Crippen molar-refractivity contribution in [1.29, 1.82) is 0 Å². The zero-order chi connectivity index (χ0) is 30.9. The number of aromatic nitrogens is 2. The lowest BCUT2D eigenvalue weighted by molar-refractivity contribution is -0.245. The summed E-state index contributed by atoms with van der Waals surface area (Å²) in [5, 5.41) is 22.0. The largest absolute Gasteiger partial charge is 0.481 e. The lowest BCUT2D eigenvalue weighted by Crippen LogP contribution is -2.31. The van der Waals surface area contributed by atoms with E-state index in [1.807, 2.05) is 90.6 Å². The molecule has 1 aliphatic rings. The second-order valence-corrected chi connectivity index (χ2v) is 11.8. The Morgan fingerprint density at radius 3 is 2.45 bits per heavy atom. The number of carbonyl (C=O) groups is 2. The number of thioether (sulfide) groups is 1. The fourth-order valence-corrected chi connectivity index (χ4v) is 6.01. The van der Waals surface area contributed by atoms with Gasteiger partial charge in [-0.05, 0) is 40.3 Å². The molecule has 1 saturated heterocycles. The van der Waals surface area contributed by atoms with Crippen LogP contribution in [0.1, 0.15) is 60.3 Å². The first-order valence-electron chi connectivity index (χ1n) is 14.7. The maximum absolute atomic E-state index is 12.1. The number of aliphatic hydroxyl groups excluding tert-OH is 1. The molecule has 0 bridgehead atoms. The first-order chi connectivity index (χ1) is 21.4. The molecule has 1 fully saturated rings. The molecule has 44 heavy (non-hydrogen) atoms. The van der Waals surface area contributed by atoms with E-state index < -0.39 is 12.3 Å². The summed E-state index contributed by atoms with van der Waals surface area (Å²) in [5.74, 6) is -0.324. The van der Waals surface area contributed by atoms with Gasteiger partial charge < -0.3 is 29.6 Å². The highest BCUT2D eigenvalue weighted by Gasteiger charge is 2.32. The van der Waals surface area contributed by atoms with E-state index in [4.69, 9.17) is 14.6 Å². The smallest absolute Gasteiger partial charge is 0.303 e. The fraction of sp³-hybridized carbons (Fsp3) is 0.324. The molecule has 230 valence electrons. The standard InChI is InChI=1S/C34H37N3O6S/c1-37-17-16-35-34(37)44-22-29-19-30(26-10-8-23(21-38)9-11-26)43-33(42-29)27-14-12-25(13-15-27)28-5-2-4-24(18-28)20-36-31(39)6-3-7-32(40)41/h2,4-5,8-18,29-30,33,38H,3,6-7,19-22H2,1H3,(H,36,39)(H,40,41)/t29-,30+,33+/m0/s1. The summed E-state index contributed by atoms with van der Waals surface area (Å²) in [4.78, 5) is 27.2. The molecule has 4 aromatic rings. The van der Waals surface area contributed by atoms with E-state index in [0.29, 0.717) is 19.4 Å². The SMILES string of the molecule is Cn1ccnc1SC[C@@H]1C[C@H](c2ccc(CO)cc2)O[C@H](c2ccc(-c3cccc(CNC(=O)CCCC(=O)O)c3)cc2)O1. The molecule has 1 aliphatic heterocycles. The Balaban J connectivity index is 1.26. The topological polar surface area (TPSA) is 123 Å². The predicted molar refractivity (Wildman–Crippen MR) is 168 cm³/mol. The zero-order valence-electron chi connectivity index (χ0n) is 24.6. The van der Waals surface area contributed by atoms with Gasteiger partial charge in [-0.1, -0.05) is 78.5 Å². The molecule has 1 aromatic heterocycles. The van der Waals surface area contributed by atoms with Crippen LogP contribution >= 0.6 is 11.8 Å². The molecule has 3 aromatic carbocycles. The molecule has 2 heterocycles. The normalized spacial score (nSPS) is 18.2. The summed E-state index contributed by atoms with van der Waals surface area (Å²) >= 11 is 1.66. The van der Waals surface area contributed by atoms with E-state index in [-0.39, 0.29) is 37.6 Å². The number of nitrogens with one attached hydrogen (secondary N) is 1. The number of ether oxygens (including phenoxy) is 2. The Morgan fingerprint density at radius 2 is 1.75 bits per heavy atom. The van der Waals surface area contributed by atoms with Gasteiger partial charge in [0.15, 0.2) is 11.4 Å². The van der Waals surface area contributed by atoms with Gasteiger partial charge in [-0.25, -0.2) is 4.98 Å². The zero-order valence-corrected chi connectivity index (χ0v) is 25.4. The number of amides is 1. The monoisotopic (exact) mass is 615 g/mol. The molecule has 0 spiro atoms. The maximum atomic E-state index is 12.1. The van der Waals surface area contributed by atoms with E-state index >= 15 is 0 Å². The van der Waals surface area contributed by atoms with Crippen molar-refractivity contribution in [2.24, 2.45) is 7.05 Å². The minimum atomic E-state index is -0.897. The Morgan fingerprint density at radius 1 is 0.977 bits per heavy atom. The number of hydrogen-bond donors (Lipinski definition) is 3. The summed E-state index contributed by atoms with van der Waals surface area (Å²) in [5.41, 5.74) is 5.83. The number of aliphatic hydroxyl groups is 1. The quantitative estimate of drug-likeness (QED) is 0.162. The average molecular weight is 616 g/mol. The van der Waals surface area contributed by atoms with Gasteiger partial charge in [0.05, 0.1) is 18.8 Å². The molecule has 0 aliphatic carbocycles. The fourth-order valence-electron chi connectivity index (χ4n) is 5.06. The first kappa shape index (κ1) is 31.5. The molecule has 1 amide bonds. The molecule has 3 N–H and O–H groups in total. The highest BCUT2D eigenvalue weighted by molar-refractivity contribution is 7.99. The second-order valence-electron chi connectivity index (χ2n) is 10.8. The number of aryl methyl sites for hydroxylation is 1. The number of hydrogen-bond acceptors (Lipinski definition) is 7. The van der Waals surface area contributed by atoms with Crippen LogP contribution in [0.5, 0.6) is 0 Å². The summed E-state index contributed by atoms with van der Waals surface area (Å²) in [6, 6.07) is 24.0. The molecule has 0 unspecified atom stereocenters. The van der Waals surface area contributed by atoms with Crippen molar-refractivity contribution in [1.82, 2.24) is 14.9 Å². The molecule has 9 nitrogen and oxygen atoms in total. The highest BCUT2D eigenvalue weighted by atomic mass is 32.2. The first-order valence-corrected chi connectivity index (χ1v) is 15.6. The van der Waals surface area contributed by atoms with Gasteiger partial charge in [-0.15, -0.1) is 0 Å². The van der Waals surface area contributed by atoms with Crippen LogP contribution in [0.3, 0.4) is 0 Å². The lowest BCUT2D eigenvalue weighted by atomic mass is 9.99. The Labute approximate surface area is 261 Å². The van der Waals surface area contributed by atoms with Crippen molar-refractivity contribution in [3.63, 3.8) is 0 Å². The third kappa shape index (κ3) is 8.57. The van der Waals surface area contributed by atoms with Crippen LogP contribution in [-0.4, -0.2) is 43.5 Å². The van der Waals surface area contributed by atoms with E-state index in [1.165, 1.54) is 0 Å². The van der Waals surface area contributed by atoms with E-state index in [2.05, 4.69) is 10.3 Å². The van der Waals surface area contributed by atoms with E-state index in [1.54, 1.807) is 18.0 Å². The number of imidazole rings is 1. The van der Waals surface area contributed by atoms with Gasteiger partial charge in [-0.2, -0.15) is 0 Å². The van der Waals surface area contributed by atoms with Gasteiger partial charge in [0.1, 0.15) is 0 Å². The molecule has 5 rings (SSSR count). The number of nitrogens with zero attached hydrogens (tertiary/aromatic N) is 2. The van der Waals surface area contributed by atoms with Crippen LogP contribution < -0.4 is 5.32 Å². The third-order valence-corrected chi connectivity index (χ3v) is 8.71. The number of rotatable bonds is 13. The van der Waals surface area contributed by atoms with Gasteiger partial charge in [0.2, 0.25) is 5.91 Å². The van der Waals surface area contributed by atoms with Crippen LogP contribution in [0.15, 0.2) is 90.3 Å². The Kier molecular flexibility index (Phi) is 10.8. The van der Waals surface area contributed by atoms with Crippen LogP contribution in [0.2, 0.25) is 0 Å².